The Kier molecular flexibility index (Phi) is 11.5. The van der Waals surface area contributed by atoms with Crippen LogP contribution in [0.25, 0.3) is 0 Å². The van der Waals surface area contributed by atoms with E-state index in [1.54, 1.807) is 41.5 Å². The second-order valence-corrected chi connectivity index (χ2v) is 16.5. The molecule has 5 atom stereocenters. The molecular formula is C33H56N4O8. The van der Waals surface area contributed by atoms with Crippen molar-refractivity contribution in [2.24, 2.45) is 28.6 Å². The minimum Gasteiger partial charge on any atom is -0.460 e. The summed E-state index contributed by atoms with van der Waals surface area (Å²) in [4.78, 5) is 80.3. The smallest absolute Gasteiger partial charge is 0.408 e. The molecule has 1 saturated carbocycles. The van der Waals surface area contributed by atoms with Crippen molar-refractivity contribution in [1.29, 1.82) is 0 Å². The number of amides is 4. The minimum absolute atomic E-state index is 0.0384. The lowest BCUT2D eigenvalue weighted by Crippen LogP contribution is -2.61. The molecule has 1 heterocycles. The molecule has 12 heteroatoms. The van der Waals surface area contributed by atoms with Crippen molar-refractivity contribution in [2.75, 3.05) is 13.1 Å². The van der Waals surface area contributed by atoms with Gasteiger partial charge in [0.15, 0.2) is 0 Å². The number of ketones is 1. The first kappa shape index (κ1) is 38.0. The number of fused-ring (bicyclic) bond motifs is 1. The summed E-state index contributed by atoms with van der Waals surface area (Å²) in [7, 11) is 0. The maximum absolute atomic E-state index is 14.1. The van der Waals surface area contributed by atoms with E-state index in [0.717, 1.165) is 0 Å². The molecule has 2 fully saturated rings. The van der Waals surface area contributed by atoms with Crippen molar-refractivity contribution in [3.63, 3.8) is 0 Å². The van der Waals surface area contributed by atoms with Crippen LogP contribution in [0.2, 0.25) is 0 Å². The molecule has 0 bridgehead atoms. The molecular weight excluding hydrogens is 580 g/mol. The van der Waals surface area contributed by atoms with Gasteiger partial charge in [0.2, 0.25) is 17.6 Å². The fraction of sp³-hybridized carbons (Fsp3) is 0.818. The molecule has 2 rings (SSSR count). The fourth-order valence-electron chi connectivity index (χ4n) is 5.93. The zero-order valence-corrected chi connectivity index (χ0v) is 29.5. The van der Waals surface area contributed by atoms with Gasteiger partial charge in [0, 0.05) is 13.1 Å². The van der Waals surface area contributed by atoms with Gasteiger partial charge in [0.1, 0.15) is 23.3 Å². The zero-order chi connectivity index (χ0) is 34.9. The quantitative estimate of drug-likeness (QED) is 0.230. The van der Waals surface area contributed by atoms with Crippen molar-refractivity contribution >= 4 is 35.6 Å². The summed E-state index contributed by atoms with van der Waals surface area (Å²) in [6.45, 7) is 23.9. The Balaban J connectivity index is 2.24. The van der Waals surface area contributed by atoms with Crippen molar-refractivity contribution in [2.45, 2.75) is 132 Å². The van der Waals surface area contributed by atoms with E-state index in [2.05, 4.69) is 16.0 Å². The highest BCUT2D eigenvalue weighted by atomic mass is 16.6. The molecule has 0 aromatic heterocycles. The van der Waals surface area contributed by atoms with Gasteiger partial charge in [-0.25, -0.2) is 4.79 Å². The van der Waals surface area contributed by atoms with E-state index >= 15 is 0 Å². The van der Waals surface area contributed by atoms with Crippen molar-refractivity contribution in [3.05, 3.63) is 0 Å². The molecule has 2 aliphatic rings. The van der Waals surface area contributed by atoms with Crippen LogP contribution in [0.5, 0.6) is 0 Å². The molecule has 0 spiro atoms. The molecule has 0 radical (unpaired) electrons. The molecule has 1 aliphatic carbocycles. The Morgan fingerprint density at radius 2 is 1.42 bits per heavy atom. The molecule has 1 aliphatic heterocycles. The van der Waals surface area contributed by atoms with Crippen LogP contribution >= 0.6 is 0 Å². The van der Waals surface area contributed by atoms with E-state index in [4.69, 9.17) is 9.47 Å². The van der Waals surface area contributed by atoms with E-state index in [0.29, 0.717) is 6.54 Å². The predicted octanol–water partition coefficient (Wildman–Crippen LogP) is 3.36. The van der Waals surface area contributed by atoms with Gasteiger partial charge < -0.3 is 30.3 Å². The number of likely N-dealkylation sites (tertiary alicyclic amines) is 1. The topological polar surface area (TPSA) is 160 Å². The van der Waals surface area contributed by atoms with Crippen LogP contribution in [-0.4, -0.2) is 82.9 Å². The van der Waals surface area contributed by atoms with Crippen LogP contribution in [0.15, 0.2) is 0 Å². The number of carbonyl (C=O) groups is 6. The van der Waals surface area contributed by atoms with Crippen LogP contribution in [0.3, 0.4) is 0 Å². The number of rotatable bonds is 11. The Hall–Kier alpha value is -3.18. The molecule has 2 unspecified atom stereocenters. The molecule has 45 heavy (non-hydrogen) atoms. The van der Waals surface area contributed by atoms with Gasteiger partial charge >= 0.3 is 12.1 Å². The van der Waals surface area contributed by atoms with Crippen molar-refractivity contribution in [3.8, 4) is 0 Å². The van der Waals surface area contributed by atoms with Gasteiger partial charge in [0.05, 0.1) is 12.5 Å². The highest BCUT2D eigenvalue weighted by Crippen LogP contribution is 2.65. The van der Waals surface area contributed by atoms with E-state index < -0.39 is 70.3 Å². The lowest BCUT2D eigenvalue weighted by molar-refractivity contribution is -0.154. The maximum atomic E-state index is 14.1. The largest absolute Gasteiger partial charge is 0.460 e. The second kappa shape index (κ2) is 13.7. The molecule has 0 aromatic carbocycles. The Bertz CT molecular complexity index is 1160. The fourth-order valence-corrected chi connectivity index (χ4v) is 5.93. The summed E-state index contributed by atoms with van der Waals surface area (Å²) in [6.07, 6.45) is -0.643. The first-order chi connectivity index (χ1) is 20.3. The average Bonchev–Trinajstić information content (AvgIpc) is 3.16. The normalized spacial score (nSPS) is 22.1. The first-order valence-corrected chi connectivity index (χ1v) is 15.9. The summed E-state index contributed by atoms with van der Waals surface area (Å²) in [5.74, 6) is -3.32. The van der Waals surface area contributed by atoms with Crippen molar-refractivity contribution in [1.82, 2.24) is 20.9 Å². The third kappa shape index (κ3) is 10.4. The van der Waals surface area contributed by atoms with Crippen LogP contribution in [0.4, 0.5) is 4.79 Å². The first-order valence-electron chi connectivity index (χ1n) is 15.9. The number of piperidine rings is 1. The SMILES string of the molecule is CC(C)CC(NC(=O)[C@@H]1[C@@H]2C(CN1C(=O)[C@@H](NC(=O)OC(C)(C)C)C(C)(C)C)C2(C)C)C(=O)C(=O)NCCC(=O)OC(C)(C)C. The summed E-state index contributed by atoms with van der Waals surface area (Å²) in [6, 6.07) is -3.00. The number of alkyl carbamates (subject to hydrolysis) is 1. The predicted molar refractivity (Wildman–Crippen MR) is 169 cm³/mol. The van der Waals surface area contributed by atoms with E-state index in [1.807, 2.05) is 48.5 Å². The molecule has 256 valence electrons. The van der Waals surface area contributed by atoms with Gasteiger partial charge in [-0.2, -0.15) is 0 Å². The summed E-state index contributed by atoms with van der Waals surface area (Å²) < 4.78 is 10.6. The lowest BCUT2D eigenvalue weighted by atomic mass is 9.85. The van der Waals surface area contributed by atoms with E-state index in [-0.39, 0.29) is 42.6 Å². The second-order valence-electron chi connectivity index (χ2n) is 16.5. The van der Waals surface area contributed by atoms with Crippen LogP contribution in [0, 0.1) is 28.6 Å². The summed E-state index contributed by atoms with van der Waals surface area (Å²) >= 11 is 0. The standard InChI is InChI=1S/C33H56N4O8/c1-18(2)16-20(24(39)27(41)34-15-14-21(38)44-31(6,7)8)35-26(40)23-22-19(33(22,12)13)17-37(23)28(42)25(30(3,4)5)36-29(43)45-32(9,10)11/h18-20,22-23,25H,14-17H2,1-13H3,(H,34,41)(H,35,40)(H,36,43)/t19?,20?,22-,23-,25+/m0/s1. The van der Waals surface area contributed by atoms with Gasteiger partial charge in [-0.05, 0) is 76.5 Å². The number of hydrogen-bond donors (Lipinski definition) is 3. The number of nitrogens with zero attached hydrogens (tertiary/aromatic N) is 1. The Morgan fingerprint density at radius 1 is 0.867 bits per heavy atom. The van der Waals surface area contributed by atoms with Crippen LogP contribution in [0.1, 0.15) is 103 Å². The highest BCUT2D eigenvalue weighted by Gasteiger charge is 2.70. The highest BCUT2D eigenvalue weighted by molar-refractivity contribution is 6.38. The van der Waals surface area contributed by atoms with E-state index in [1.165, 1.54) is 4.90 Å². The van der Waals surface area contributed by atoms with Gasteiger partial charge in [-0.1, -0.05) is 48.5 Å². The summed E-state index contributed by atoms with van der Waals surface area (Å²) in [5.41, 5.74) is -2.35. The number of esters is 1. The van der Waals surface area contributed by atoms with Crippen molar-refractivity contribution < 1.29 is 38.2 Å². The Labute approximate surface area is 268 Å². The van der Waals surface area contributed by atoms with Gasteiger partial charge in [0.25, 0.3) is 5.91 Å². The van der Waals surface area contributed by atoms with Gasteiger partial charge in [-0.15, -0.1) is 0 Å². The molecule has 3 N–H and O–H groups in total. The van der Waals surface area contributed by atoms with Crippen LogP contribution < -0.4 is 16.0 Å². The number of hydrogen-bond acceptors (Lipinski definition) is 8. The minimum atomic E-state index is -1.13. The lowest BCUT2D eigenvalue weighted by Gasteiger charge is -2.38. The van der Waals surface area contributed by atoms with E-state index in [9.17, 15) is 28.8 Å². The monoisotopic (exact) mass is 636 g/mol. The Morgan fingerprint density at radius 3 is 1.91 bits per heavy atom. The van der Waals surface area contributed by atoms with Crippen LogP contribution in [-0.2, 0) is 33.4 Å². The molecule has 4 amide bonds. The maximum Gasteiger partial charge on any atom is 0.408 e. The number of carbonyl (C=O) groups excluding carboxylic acids is 6. The number of ether oxygens (including phenoxy) is 2. The molecule has 12 nitrogen and oxygen atoms in total. The average molecular weight is 637 g/mol. The third-order valence-electron chi connectivity index (χ3n) is 8.13. The summed E-state index contributed by atoms with van der Waals surface area (Å²) in [5, 5.41) is 7.96. The number of nitrogens with one attached hydrogen (secondary N) is 3. The zero-order valence-electron chi connectivity index (χ0n) is 29.5. The molecule has 0 aromatic rings. The third-order valence-corrected chi connectivity index (χ3v) is 8.13. The molecule has 1 saturated heterocycles. The number of Topliss-reactive ketones (excluding diaryl/α,β-unsaturated/α-hetero) is 1. The van der Waals surface area contributed by atoms with Gasteiger partial charge in [-0.3, -0.25) is 24.0 Å².